The van der Waals surface area contributed by atoms with Gasteiger partial charge in [0.1, 0.15) is 6.07 Å². The van der Waals surface area contributed by atoms with E-state index < -0.39 is 0 Å². The van der Waals surface area contributed by atoms with Crippen molar-refractivity contribution in [3.05, 3.63) is 35.9 Å². The molecule has 2 rings (SSSR count). The molecule has 1 aliphatic heterocycles. The Morgan fingerprint density at radius 2 is 2.13 bits per heavy atom. The predicted octanol–water partition coefficient (Wildman–Crippen LogP) is 2.59. The Labute approximate surface area is 89.0 Å². The van der Waals surface area contributed by atoms with Gasteiger partial charge < -0.3 is 4.84 Å². The van der Waals surface area contributed by atoms with Gasteiger partial charge in [-0.3, -0.25) is 0 Å². The van der Waals surface area contributed by atoms with E-state index in [4.69, 9.17) is 10.1 Å². The Morgan fingerprint density at radius 3 is 2.67 bits per heavy atom. The summed E-state index contributed by atoms with van der Waals surface area (Å²) in [5.74, 6) is 0. The highest BCUT2D eigenvalue weighted by Crippen LogP contribution is 2.33. The van der Waals surface area contributed by atoms with Gasteiger partial charge in [0.2, 0.25) is 0 Å². The number of oxime groups is 1. The Hall–Kier alpha value is -1.82. The van der Waals surface area contributed by atoms with Crippen molar-refractivity contribution in [2.24, 2.45) is 5.16 Å². The maximum absolute atomic E-state index is 8.67. The second-order valence-electron chi connectivity index (χ2n) is 3.84. The third-order valence-electron chi connectivity index (χ3n) is 2.71. The number of hydrogen-bond donors (Lipinski definition) is 0. The zero-order chi connectivity index (χ0) is 10.7. The van der Waals surface area contributed by atoms with Gasteiger partial charge >= 0.3 is 0 Å². The highest BCUT2D eigenvalue weighted by Gasteiger charge is 2.32. The fourth-order valence-corrected chi connectivity index (χ4v) is 1.67. The van der Waals surface area contributed by atoms with Crippen molar-refractivity contribution in [1.29, 1.82) is 5.26 Å². The van der Waals surface area contributed by atoms with E-state index in [1.54, 1.807) is 0 Å². The number of hydrogen-bond acceptors (Lipinski definition) is 3. The molecule has 0 fully saturated rings. The first-order valence-corrected chi connectivity index (χ1v) is 4.95. The maximum atomic E-state index is 8.67. The molecule has 0 spiro atoms. The summed E-state index contributed by atoms with van der Waals surface area (Å²) >= 11 is 0. The topological polar surface area (TPSA) is 45.4 Å². The molecule has 3 nitrogen and oxygen atoms in total. The molecule has 1 unspecified atom stereocenters. The minimum Gasteiger partial charge on any atom is -0.384 e. The van der Waals surface area contributed by atoms with E-state index in [1.807, 2.05) is 43.3 Å². The van der Waals surface area contributed by atoms with Crippen molar-refractivity contribution in [1.82, 2.24) is 0 Å². The average molecular weight is 200 g/mol. The zero-order valence-corrected chi connectivity index (χ0v) is 8.60. The van der Waals surface area contributed by atoms with Crippen LogP contribution in [0.15, 0.2) is 35.5 Å². The lowest BCUT2D eigenvalue weighted by atomic mass is 9.89. The van der Waals surface area contributed by atoms with E-state index in [2.05, 4.69) is 5.16 Å². The lowest BCUT2D eigenvalue weighted by Crippen LogP contribution is -2.28. The first-order chi connectivity index (χ1) is 7.24. The number of nitriles is 1. The molecule has 0 radical (unpaired) electrons. The van der Waals surface area contributed by atoms with Crippen molar-refractivity contribution < 1.29 is 4.84 Å². The Balaban J connectivity index is 2.25. The molecule has 0 amide bonds. The number of benzene rings is 1. The summed E-state index contributed by atoms with van der Waals surface area (Å²) in [5.41, 5.74) is 1.19. The molecule has 0 aromatic heterocycles. The SMILES string of the molecule is CC1(c2ccccc2)CCC(C#N)=NO1. The van der Waals surface area contributed by atoms with E-state index in [0.717, 1.165) is 12.0 Å². The minimum atomic E-state index is -0.387. The summed E-state index contributed by atoms with van der Waals surface area (Å²) < 4.78 is 0. The van der Waals surface area contributed by atoms with Gasteiger partial charge in [-0.15, -0.1) is 0 Å². The monoisotopic (exact) mass is 200 g/mol. The summed E-state index contributed by atoms with van der Waals surface area (Å²) in [4.78, 5) is 5.42. The molecular formula is C12H12N2O. The zero-order valence-electron chi connectivity index (χ0n) is 8.60. The molecule has 1 aliphatic rings. The molecule has 0 aliphatic carbocycles. The molecule has 1 aromatic rings. The summed E-state index contributed by atoms with van der Waals surface area (Å²) in [5, 5.41) is 12.5. The van der Waals surface area contributed by atoms with E-state index in [-0.39, 0.29) is 5.60 Å². The Morgan fingerprint density at radius 1 is 1.40 bits per heavy atom. The van der Waals surface area contributed by atoms with E-state index in [0.29, 0.717) is 12.1 Å². The van der Waals surface area contributed by atoms with Crippen molar-refractivity contribution in [3.63, 3.8) is 0 Å². The molecule has 0 N–H and O–H groups in total. The molecule has 1 aromatic carbocycles. The first kappa shape index (κ1) is 9.72. The Bertz CT molecular complexity index is 419. The normalized spacial score (nSPS) is 24.9. The third-order valence-corrected chi connectivity index (χ3v) is 2.71. The molecule has 15 heavy (non-hydrogen) atoms. The second kappa shape index (κ2) is 3.74. The van der Waals surface area contributed by atoms with Crippen molar-refractivity contribution >= 4 is 5.71 Å². The van der Waals surface area contributed by atoms with Gasteiger partial charge in [0, 0.05) is 12.8 Å². The van der Waals surface area contributed by atoms with Crippen LogP contribution in [-0.2, 0) is 10.4 Å². The van der Waals surface area contributed by atoms with Crippen LogP contribution in [0.3, 0.4) is 0 Å². The smallest absolute Gasteiger partial charge is 0.160 e. The van der Waals surface area contributed by atoms with Crippen LogP contribution in [0.5, 0.6) is 0 Å². The van der Waals surface area contributed by atoms with E-state index in [9.17, 15) is 0 Å². The van der Waals surface area contributed by atoms with Gasteiger partial charge in [-0.25, -0.2) is 0 Å². The van der Waals surface area contributed by atoms with Crippen LogP contribution in [-0.4, -0.2) is 5.71 Å². The van der Waals surface area contributed by atoms with Crippen LogP contribution in [0.2, 0.25) is 0 Å². The summed E-state index contributed by atoms with van der Waals surface area (Å²) in [6.45, 7) is 2.00. The van der Waals surface area contributed by atoms with Gasteiger partial charge in [-0.2, -0.15) is 5.26 Å². The summed E-state index contributed by atoms with van der Waals surface area (Å²) in [7, 11) is 0. The van der Waals surface area contributed by atoms with Crippen LogP contribution in [0.1, 0.15) is 25.3 Å². The van der Waals surface area contributed by atoms with Crippen molar-refractivity contribution in [3.8, 4) is 6.07 Å². The third kappa shape index (κ3) is 1.84. The molecular weight excluding hydrogens is 188 g/mol. The molecule has 0 saturated heterocycles. The molecule has 1 atom stereocenters. The second-order valence-corrected chi connectivity index (χ2v) is 3.84. The quantitative estimate of drug-likeness (QED) is 0.699. The molecule has 3 heteroatoms. The predicted molar refractivity (Wildman–Crippen MR) is 57.2 cm³/mol. The first-order valence-electron chi connectivity index (χ1n) is 4.95. The van der Waals surface area contributed by atoms with Crippen LogP contribution in [0.25, 0.3) is 0 Å². The van der Waals surface area contributed by atoms with Crippen molar-refractivity contribution in [2.75, 3.05) is 0 Å². The van der Waals surface area contributed by atoms with Gasteiger partial charge in [0.05, 0.1) is 0 Å². The van der Waals surface area contributed by atoms with Gasteiger partial charge in [-0.05, 0) is 12.5 Å². The van der Waals surface area contributed by atoms with Gasteiger partial charge in [0.15, 0.2) is 11.3 Å². The molecule has 0 bridgehead atoms. The summed E-state index contributed by atoms with van der Waals surface area (Å²) in [6, 6.07) is 12.0. The standard InChI is InChI=1S/C12H12N2O/c1-12(10-5-3-2-4-6-10)8-7-11(9-13)14-15-12/h2-6H,7-8H2,1H3. The van der Waals surface area contributed by atoms with E-state index >= 15 is 0 Å². The van der Waals surface area contributed by atoms with Crippen LogP contribution in [0.4, 0.5) is 0 Å². The van der Waals surface area contributed by atoms with Crippen LogP contribution >= 0.6 is 0 Å². The molecule has 1 heterocycles. The lowest BCUT2D eigenvalue weighted by Gasteiger charge is -2.30. The number of rotatable bonds is 1. The average Bonchev–Trinajstić information content (AvgIpc) is 2.31. The fraction of sp³-hybridized carbons (Fsp3) is 0.333. The summed E-state index contributed by atoms with van der Waals surface area (Å²) in [6.07, 6.45) is 1.48. The highest BCUT2D eigenvalue weighted by atomic mass is 16.7. The largest absolute Gasteiger partial charge is 0.384 e. The maximum Gasteiger partial charge on any atom is 0.160 e. The van der Waals surface area contributed by atoms with Crippen LogP contribution in [0, 0.1) is 11.3 Å². The molecule has 0 saturated carbocycles. The van der Waals surface area contributed by atoms with Gasteiger partial charge in [-0.1, -0.05) is 35.5 Å². The highest BCUT2D eigenvalue weighted by molar-refractivity contribution is 5.98. The molecule has 76 valence electrons. The van der Waals surface area contributed by atoms with Crippen molar-refractivity contribution in [2.45, 2.75) is 25.4 Å². The van der Waals surface area contributed by atoms with Gasteiger partial charge in [0.25, 0.3) is 0 Å². The van der Waals surface area contributed by atoms with E-state index in [1.165, 1.54) is 0 Å². The van der Waals surface area contributed by atoms with Crippen LogP contribution < -0.4 is 0 Å². The fourth-order valence-electron chi connectivity index (χ4n) is 1.67. The lowest BCUT2D eigenvalue weighted by molar-refractivity contribution is -0.0478. The Kier molecular flexibility index (Phi) is 2.42. The number of nitrogens with zero attached hydrogens (tertiary/aromatic N) is 2. The minimum absolute atomic E-state index is 0.387.